The highest BCUT2D eigenvalue weighted by molar-refractivity contribution is 5.85. The maximum atomic E-state index is 12.2. The minimum absolute atomic E-state index is 0. The lowest BCUT2D eigenvalue weighted by atomic mass is 10.2. The summed E-state index contributed by atoms with van der Waals surface area (Å²) in [4.78, 5) is 13.8. The molecule has 1 amide bonds. The number of ether oxygens (including phenoxy) is 2. The van der Waals surface area contributed by atoms with Crippen molar-refractivity contribution in [2.75, 3.05) is 20.2 Å². The molecule has 0 aliphatic carbocycles. The molecule has 0 aromatic heterocycles. The molecule has 0 saturated heterocycles. The topological polar surface area (TPSA) is 64.8 Å². The Labute approximate surface area is 119 Å². The molecule has 0 saturated carbocycles. The van der Waals surface area contributed by atoms with Gasteiger partial charge in [0.25, 0.3) is 5.91 Å². The molecule has 5 nitrogen and oxygen atoms in total. The molecule has 0 fully saturated rings. The number of fused-ring (bicyclic) bond motifs is 1. The molecule has 106 valence electrons. The van der Waals surface area contributed by atoms with E-state index in [1.54, 1.807) is 18.0 Å². The fourth-order valence-corrected chi connectivity index (χ4v) is 1.74. The van der Waals surface area contributed by atoms with Crippen molar-refractivity contribution in [3.05, 3.63) is 24.3 Å². The number of amides is 1. The van der Waals surface area contributed by atoms with Crippen LogP contribution in [0.4, 0.5) is 0 Å². The van der Waals surface area contributed by atoms with Crippen LogP contribution in [0.3, 0.4) is 0 Å². The van der Waals surface area contributed by atoms with Gasteiger partial charge in [0.2, 0.25) is 6.10 Å². The summed E-state index contributed by atoms with van der Waals surface area (Å²) >= 11 is 0. The summed E-state index contributed by atoms with van der Waals surface area (Å²) < 4.78 is 11.2. The Kier molecular flexibility index (Phi) is 5.44. The van der Waals surface area contributed by atoms with Gasteiger partial charge in [-0.15, -0.1) is 12.4 Å². The fraction of sp³-hybridized carbons (Fsp3) is 0.462. The highest BCUT2D eigenvalue weighted by Gasteiger charge is 2.30. The van der Waals surface area contributed by atoms with E-state index in [1.807, 2.05) is 25.1 Å². The third-order valence-electron chi connectivity index (χ3n) is 3.13. The molecule has 0 bridgehead atoms. The number of carbonyl (C=O) groups excluding carboxylic acids is 1. The van der Waals surface area contributed by atoms with Gasteiger partial charge in [0.15, 0.2) is 11.5 Å². The van der Waals surface area contributed by atoms with E-state index in [0.717, 1.165) is 0 Å². The summed E-state index contributed by atoms with van der Waals surface area (Å²) in [5.41, 5.74) is 5.55. The maximum Gasteiger partial charge on any atom is 0.267 e. The highest BCUT2D eigenvalue weighted by atomic mass is 35.5. The van der Waals surface area contributed by atoms with Gasteiger partial charge in [-0.05, 0) is 19.1 Å². The molecule has 2 unspecified atom stereocenters. The number of rotatable bonds is 3. The Balaban J connectivity index is 0.00000180. The van der Waals surface area contributed by atoms with Gasteiger partial charge >= 0.3 is 0 Å². The van der Waals surface area contributed by atoms with Crippen molar-refractivity contribution < 1.29 is 14.3 Å². The molecule has 1 heterocycles. The average molecular weight is 287 g/mol. The van der Waals surface area contributed by atoms with Crippen LogP contribution in [0.25, 0.3) is 0 Å². The smallest absolute Gasteiger partial charge is 0.267 e. The quantitative estimate of drug-likeness (QED) is 0.902. The van der Waals surface area contributed by atoms with Gasteiger partial charge < -0.3 is 20.1 Å². The molecular formula is C13H19ClN2O3. The van der Waals surface area contributed by atoms with Crippen LogP contribution in [-0.2, 0) is 4.79 Å². The number of nitrogens with zero attached hydrogens (tertiary/aromatic N) is 1. The largest absolute Gasteiger partial charge is 0.485 e. The Morgan fingerprint density at radius 3 is 2.74 bits per heavy atom. The van der Waals surface area contributed by atoms with E-state index >= 15 is 0 Å². The minimum Gasteiger partial charge on any atom is -0.485 e. The van der Waals surface area contributed by atoms with Gasteiger partial charge in [-0.25, -0.2) is 0 Å². The maximum absolute atomic E-state index is 12.2. The van der Waals surface area contributed by atoms with E-state index in [1.165, 1.54) is 0 Å². The molecule has 6 heteroatoms. The first-order valence-corrected chi connectivity index (χ1v) is 5.98. The number of para-hydroxylation sites is 2. The average Bonchev–Trinajstić information content (AvgIpc) is 2.44. The number of likely N-dealkylation sites (N-methyl/N-ethyl adjacent to an activating group) is 1. The third kappa shape index (κ3) is 3.30. The summed E-state index contributed by atoms with van der Waals surface area (Å²) in [6.45, 7) is 2.55. The zero-order valence-electron chi connectivity index (χ0n) is 11.0. The lowest BCUT2D eigenvalue weighted by Crippen LogP contribution is -2.49. The molecule has 1 aliphatic heterocycles. The summed E-state index contributed by atoms with van der Waals surface area (Å²) in [5.74, 6) is 1.18. The number of nitrogens with two attached hydrogens (primary N) is 1. The molecule has 2 rings (SSSR count). The zero-order chi connectivity index (χ0) is 13.1. The van der Waals surface area contributed by atoms with Crippen LogP contribution in [0.5, 0.6) is 11.5 Å². The second-order valence-corrected chi connectivity index (χ2v) is 4.40. The van der Waals surface area contributed by atoms with Crippen LogP contribution in [-0.4, -0.2) is 43.2 Å². The molecular weight excluding hydrogens is 268 g/mol. The van der Waals surface area contributed by atoms with Crippen molar-refractivity contribution in [3.63, 3.8) is 0 Å². The summed E-state index contributed by atoms with van der Waals surface area (Å²) in [6, 6.07) is 7.32. The molecule has 1 aliphatic rings. The molecule has 1 aromatic rings. The van der Waals surface area contributed by atoms with Crippen molar-refractivity contribution in [2.24, 2.45) is 5.73 Å². The second kappa shape index (κ2) is 6.63. The van der Waals surface area contributed by atoms with Crippen molar-refractivity contribution in [1.82, 2.24) is 4.90 Å². The van der Waals surface area contributed by atoms with Gasteiger partial charge in [0, 0.05) is 19.6 Å². The first-order chi connectivity index (χ1) is 8.63. The molecule has 2 atom stereocenters. The molecule has 2 N–H and O–H groups in total. The molecule has 1 aromatic carbocycles. The monoisotopic (exact) mass is 286 g/mol. The Hall–Kier alpha value is -1.46. The number of hydrogen-bond donors (Lipinski definition) is 1. The molecule has 0 spiro atoms. The van der Waals surface area contributed by atoms with E-state index in [4.69, 9.17) is 15.2 Å². The van der Waals surface area contributed by atoms with Gasteiger partial charge in [-0.3, -0.25) is 4.79 Å². The predicted octanol–water partition coefficient (Wildman–Crippen LogP) is 1.05. The van der Waals surface area contributed by atoms with Crippen molar-refractivity contribution in [2.45, 2.75) is 19.1 Å². The molecule has 19 heavy (non-hydrogen) atoms. The summed E-state index contributed by atoms with van der Waals surface area (Å²) in [5, 5.41) is 0. The first kappa shape index (κ1) is 15.6. The van der Waals surface area contributed by atoms with Crippen LogP contribution in [0.15, 0.2) is 24.3 Å². The van der Waals surface area contributed by atoms with E-state index in [0.29, 0.717) is 18.0 Å². The standard InChI is InChI=1S/C13H18N2O3.ClH/c1-9(7-14)15(2)13(16)12-8-17-10-5-3-4-6-11(10)18-12;/h3-6,9,12H,7-8,14H2,1-2H3;1H. The first-order valence-electron chi connectivity index (χ1n) is 5.98. The van der Waals surface area contributed by atoms with Gasteiger partial charge in [0.05, 0.1) is 0 Å². The fourth-order valence-electron chi connectivity index (χ4n) is 1.74. The lowest BCUT2D eigenvalue weighted by Gasteiger charge is -2.31. The van der Waals surface area contributed by atoms with Gasteiger partial charge in [-0.2, -0.15) is 0 Å². The van der Waals surface area contributed by atoms with Crippen LogP contribution >= 0.6 is 12.4 Å². The van der Waals surface area contributed by atoms with Crippen LogP contribution in [0.2, 0.25) is 0 Å². The second-order valence-electron chi connectivity index (χ2n) is 4.40. The third-order valence-corrected chi connectivity index (χ3v) is 3.13. The van der Waals surface area contributed by atoms with Crippen LogP contribution in [0, 0.1) is 0 Å². The van der Waals surface area contributed by atoms with E-state index in [-0.39, 0.29) is 31.0 Å². The number of hydrogen-bond acceptors (Lipinski definition) is 4. The Morgan fingerprint density at radius 2 is 2.11 bits per heavy atom. The van der Waals surface area contributed by atoms with Gasteiger partial charge in [0.1, 0.15) is 6.61 Å². The van der Waals surface area contributed by atoms with E-state index in [2.05, 4.69) is 0 Å². The van der Waals surface area contributed by atoms with Crippen molar-refractivity contribution >= 4 is 18.3 Å². The molecule has 0 radical (unpaired) electrons. The predicted molar refractivity (Wildman–Crippen MR) is 74.9 cm³/mol. The Bertz CT molecular complexity index is 442. The van der Waals surface area contributed by atoms with Crippen LogP contribution in [0.1, 0.15) is 6.92 Å². The number of carbonyl (C=O) groups is 1. The van der Waals surface area contributed by atoms with Crippen LogP contribution < -0.4 is 15.2 Å². The number of halogens is 1. The minimum atomic E-state index is -0.598. The lowest BCUT2D eigenvalue weighted by molar-refractivity contribution is -0.141. The SMILES string of the molecule is CC(CN)N(C)C(=O)C1COc2ccccc2O1.Cl. The normalized spacial score (nSPS) is 18.2. The zero-order valence-corrected chi connectivity index (χ0v) is 11.9. The van der Waals surface area contributed by atoms with Gasteiger partial charge in [-0.1, -0.05) is 12.1 Å². The summed E-state index contributed by atoms with van der Waals surface area (Å²) in [6.07, 6.45) is -0.598. The van der Waals surface area contributed by atoms with Crippen molar-refractivity contribution in [3.8, 4) is 11.5 Å². The Morgan fingerprint density at radius 1 is 1.47 bits per heavy atom. The summed E-state index contributed by atoms with van der Waals surface area (Å²) in [7, 11) is 1.73. The van der Waals surface area contributed by atoms with Crippen molar-refractivity contribution in [1.29, 1.82) is 0 Å². The highest BCUT2D eigenvalue weighted by Crippen LogP contribution is 2.31. The number of benzene rings is 1. The van der Waals surface area contributed by atoms with E-state index < -0.39 is 6.10 Å². The van der Waals surface area contributed by atoms with E-state index in [9.17, 15) is 4.79 Å².